The third kappa shape index (κ3) is 4.71. The molecule has 7 nitrogen and oxygen atoms in total. The van der Waals surface area contributed by atoms with Crippen molar-refractivity contribution < 1.29 is 4.74 Å². The van der Waals surface area contributed by atoms with Crippen molar-refractivity contribution in [1.82, 2.24) is 14.0 Å². The number of benzene rings is 1. The maximum Gasteiger partial charge on any atom is 0.332 e. The molecule has 0 saturated carbocycles. The van der Waals surface area contributed by atoms with Crippen LogP contribution < -0.4 is 20.9 Å². The molecule has 0 unspecified atom stereocenters. The molecule has 0 spiro atoms. The molecular formula is C19H24Cl2N4O3. The van der Waals surface area contributed by atoms with Crippen LogP contribution in [0.15, 0.2) is 33.9 Å². The van der Waals surface area contributed by atoms with E-state index in [9.17, 15) is 9.59 Å². The zero-order chi connectivity index (χ0) is 20.3. The summed E-state index contributed by atoms with van der Waals surface area (Å²) in [4.78, 5) is 28.5. The second-order valence-electron chi connectivity index (χ2n) is 6.85. The van der Waals surface area contributed by atoms with Gasteiger partial charge in [0.25, 0.3) is 5.56 Å². The third-order valence-electron chi connectivity index (χ3n) is 4.98. The quantitative estimate of drug-likeness (QED) is 0.660. The fourth-order valence-electron chi connectivity index (χ4n) is 3.27. The molecule has 1 aromatic carbocycles. The molecule has 1 saturated heterocycles. The van der Waals surface area contributed by atoms with Crippen molar-refractivity contribution in [3.63, 3.8) is 0 Å². The lowest BCUT2D eigenvalue weighted by Gasteiger charge is -2.36. The van der Waals surface area contributed by atoms with Gasteiger partial charge in [-0.15, -0.1) is 0 Å². The van der Waals surface area contributed by atoms with Crippen molar-refractivity contribution in [2.75, 3.05) is 44.2 Å². The fraction of sp³-hybridized carbons (Fsp3) is 0.474. The highest BCUT2D eigenvalue weighted by atomic mass is 35.5. The molecule has 1 aliphatic heterocycles. The summed E-state index contributed by atoms with van der Waals surface area (Å²) in [6.45, 7) is 4.81. The van der Waals surface area contributed by atoms with Crippen LogP contribution in [0.5, 0.6) is 5.75 Å². The maximum absolute atomic E-state index is 12.1. The SMILES string of the molecule is Cn1c(N2CCN(CCCOc3ccc(Cl)c(Cl)c3)CC2)cc(=O)n(C)c1=O. The molecule has 0 aliphatic carbocycles. The highest BCUT2D eigenvalue weighted by molar-refractivity contribution is 6.42. The van der Waals surface area contributed by atoms with E-state index in [-0.39, 0.29) is 11.2 Å². The lowest BCUT2D eigenvalue weighted by Crippen LogP contribution is -2.49. The van der Waals surface area contributed by atoms with Crippen LogP contribution in [-0.2, 0) is 14.1 Å². The molecule has 0 atom stereocenters. The molecule has 2 aromatic rings. The molecule has 9 heteroatoms. The Kier molecular flexibility index (Phi) is 6.69. The van der Waals surface area contributed by atoms with Gasteiger partial charge in [-0.3, -0.25) is 18.8 Å². The second kappa shape index (κ2) is 9.03. The second-order valence-corrected chi connectivity index (χ2v) is 7.66. The Labute approximate surface area is 173 Å². The lowest BCUT2D eigenvalue weighted by atomic mass is 10.3. The molecule has 0 bridgehead atoms. The molecule has 152 valence electrons. The van der Waals surface area contributed by atoms with Crippen LogP contribution in [0.3, 0.4) is 0 Å². The Morgan fingerprint density at radius 1 is 0.964 bits per heavy atom. The Morgan fingerprint density at radius 3 is 2.36 bits per heavy atom. The van der Waals surface area contributed by atoms with Gasteiger partial charge in [0.2, 0.25) is 0 Å². The van der Waals surface area contributed by atoms with Crippen molar-refractivity contribution in [2.45, 2.75) is 6.42 Å². The first-order valence-electron chi connectivity index (χ1n) is 9.19. The normalized spacial score (nSPS) is 15.1. The maximum atomic E-state index is 12.1. The summed E-state index contributed by atoms with van der Waals surface area (Å²) in [5.41, 5.74) is -0.579. The average molecular weight is 427 g/mol. The molecule has 0 radical (unpaired) electrons. The van der Waals surface area contributed by atoms with E-state index < -0.39 is 0 Å². The van der Waals surface area contributed by atoms with Crippen LogP contribution in [0.25, 0.3) is 0 Å². The van der Waals surface area contributed by atoms with Gasteiger partial charge in [0.15, 0.2) is 0 Å². The average Bonchev–Trinajstić information content (AvgIpc) is 2.69. The molecule has 1 aromatic heterocycles. The number of aromatic nitrogens is 2. The number of ether oxygens (including phenoxy) is 1. The first-order valence-corrected chi connectivity index (χ1v) is 9.94. The van der Waals surface area contributed by atoms with E-state index in [4.69, 9.17) is 27.9 Å². The van der Waals surface area contributed by atoms with Crippen LogP contribution in [0, 0.1) is 0 Å². The summed E-state index contributed by atoms with van der Waals surface area (Å²) in [6.07, 6.45) is 0.893. The monoisotopic (exact) mass is 426 g/mol. The van der Waals surface area contributed by atoms with E-state index in [1.165, 1.54) is 17.7 Å². The van der Waals surface area contributed by atoms with Crippen LogP contribution in [0.2, 0.25) is 10.0 Å². The standard InChI is InChI=1S/C19H24Cl2N4O3/c1-22-17(13-18(26)23(2)19(22)27)25-9-7-24(8-10-25)6-3-11-28-14-4-5-15(20)16(21)12-14/h4-5,12-13H,3,6-11H2,1-2H3. The van der Waals surface area contributed by atoms with E-state index in [1.54, 1.807) is 25.2 Å². The number of halogens is 2. The molecular weight excluding hydrogens is 403 g/mol. The van der Waals surface area contributed by atoms with Crippen molar-refractivity contribution in [3.05, 3.63) is 55.1 Å². The highest BCUT2D eigenvalue weighted by Crippen LogP contribution is 2.26. The topological polar surface area (TPSA) is 59.7 Å². The lowest BCUT2D eigenvalue weighted by molar-refractivity contribution is 0.224. The number of nitrogens with zero attached hydrogens (tertiary/aromatic N) is 4. The van der Waals surface area contributed by atoms with Crippen LogP contribution in [0.1, 0.15) is 6.42 Å². The van der Waals surface area contributed by atoms with E-state index in [0.717, 1.165) is 43.7 Å². The summed E-state index contributed by atoms with van der Waals surface area (Å²) in [6, 6.07) is 6.78. The summed E-state index contributed by atoms with van der Waals surface area (Å²) < 4.78 is 8.37. The van der Waals surface area contributed by atoms with Crippen molar-refractivity contribution >= 4 is 29.0 Å². The Balaban J connectivity index is 1.46. The zero-order valence-electron chi connectivity index (χ0n) is 16.0. The third-order valence-corrected chi connectivity index (χ3v) is 5.71. The summed E-state index contributed by atoms with van der Waals surface area (Å²) in [5, 5.41) is 1.00. The summed E-state index contributed by atoms with van der Waals surface area (Å²) in [5.74, 6) is 1.39. The molecule has 0 amide bonds. The smallest absolute Gasteiger partial charge is 0.332 e. The Bertz CT molecular complexity index is 949. The van der Waals surface area contributed by atoms with Gasteiger partial charge in [-0.25, -0.2) is 4.79 Å². The largest absolute Gasteiger partial charge is 0.493 e. The minimum absolute atomic E-state index is 0.278. The molecule has 3 rings (SSSR count). The summed E-state index contributed by atoms with van der Waals surface area (Å²) in [7, 11) is 3.19. The van der Waals surface area contributed by atoms with E-state index >= 15 is 0 Å². The number of rotatable bonds is 6. The zero-order valence-corrected chi connectivity index (χ0v) is 17.5. The first kappa shape index (κ1) is 20.8. The predicted molar refractivity (Wildman–Crippen MR) is 112 cm³/mol. The van der Waals surface area contributed by atoms with Crippen LogP contribution >= 0.6 is 23.2 Å². The van der Waals surface area contributed by atoms with Gasteiger partial charge in [-0.05, 0) is 18.6 Å². The molecule has 1 aliphatic rings. The van der Waals surface area contributed by atoms with Crippen LogP contribution in [0.4, 0.5) is 5.82 Å². The predicted octanol–water partition coefficient (Wildman–Crippen LogP) is 1.98. The van der Waals surface area contributed by atoms with E-state index in [1.807, 2.05) is 0 Å². The van der Waals surface area contributed by atoms with Crippen LogP contribution in [-0.4, -0.2) is 53.4 Å². The van der Waals surface area contributed by atoms with Crippen molar-refractivity contribution in [3.8, 4) is 5.75 Å². The first-order chi connectivity index (χ1) is 13.4. The molecule has 2 heterocycles. The van der Waals surface area contributed by atoms with Gasteiger partial charge in [0.05, 0.1) is 16.7 Å². The highest BCUT2D eigenvalue weighted by Gasteiger charge is 2.20. The number of hydrogen-bond acceptors (Lipinski definition) is 5. The van der Waals surface area contributed by atoms with Crippen molar-refractivity contribution in [1.29, 1.82) is 0 Å². The van der Waals surface area contributed by atoms with E-state index in [2.05, 4.69) is 9.80 Å². The molecule has 28 heavy (non-hydrogen) atoms. The number of hydrogen-bond donors (Lipinski definition) is 0. The minimum Gasteiger partial charge on any atom is -0.493 e. The van der Waals surface area contributed by atoms with Gasteiger partial charge in [-0.2, -0.15) is 0 Å². The molecule has 0 N–H and O–H groups in total. The molecule has 1 fully saturated rings. The van der Waals surface area contributed by atoms with E-state index in [0.29, 0.717) is 28.2 Å². The fourth-order valence-corrected chi connectivity index (χ4v) is 3.56. The Morgan fingerprint density at radius 2 is 1.68 bits per heavy atom. The minimum atomic E-state index is -0.301. The summed E-state index contributed by atoms with van der Waals surface area (Å²) >= 11 is 11.9. The van der Waals surface area contributed by atoms with Gasteiger partial charge in [0, 0.05) is 59.0 Å². The Hall–Kier alpha value is -1.96. The van der Waals surface area contributed by atoms with Gasteiger partial charge >= 0.3 is 5.69 Å². The van der Waals surface area contributed by atoms with Gasteiger partial charge in [-0.1, -0.05) is 23.2 Å². The number of anilines is 1. The number of piperazine rings is 1. The van der Waals surface area contributed by atoms with Crippen molar-refractivity contribution in [2.24, 2.45) is 14.1 Å². The van der Waals surface area contributed by atoms with Gasteiger partial charge < -0.3 is 9.64 Å². The van der Waals surface area contributed by atoms with Gasteiger partial charge in [0.1, 0.15) is 11.6 Å².